The highest BCUT2D eigenvalue weighted by molar-refractivity contribution is 6.36. The van der Waals surface area contributed by atoms with E-state index in [1.54, 1.807) is 48.5 Å². The minimum absolute atomic E-state index is 0.243. The third kappa shape index (κ3) is 3.47. The van der Waals surface area contributed by atoms with Crippen LogP contribution in [-0.2, 0) is 0 Å². The Morgan fingerprint density at radius 1 is 0.963 bits per heavy atom. The van der Waals surface area contributed by atoms with E-state index < -0.39 is 5.91 Å². The van der Waals surface area contributed by atoms with Crippen molar-refractivity contribution in [2.45, 2.75) is 0 Å². The van der Waals surface area contributed by atoms with Crippen molar-refractivity contribution in [1.82, 2.24) is 0 Å². The van der Waals surface area contributed by atoms with E-state index in [1.807, 2.05) is 6.07 Å². The fourth-order valence-corrected chi connectivity index (χ4v) is 3.09. The van der Waals surface area contributed by atoms with E-state index in [2.05, 4.69) is 10.6 Å². The third-order valence-corrected chi connectivity index (χ3v) is 4.57. The maximum Gasteiger partial charge on any atom is 0.259 e. The van der Waals surface area contributed by atoms with E-state index in [9.17, 15) is 9.59 Å². The van der Waals surface area contributed by atoms with Gasteiger partial charge in [-0.2, -0.15) is 0 Å². The minimum atomic E-state index is -0.430. The summed E-state index contributed by atoms with van der Waals surface area (Å²) in [6.45, 7) is 0. The number of rotatable bonds is 2. The van der Waals surface area contributed by atoms with Gasteiger partial charge in [0.2, 0.25) is 0 Å². The Morgan fingerprint density at radius 2 is 1.78 bits per heavy atom. The lowest BCUT2D eigenvalue weighted by atomic mass is 10.1. The summed E-state index contributed by atoms with van der Waals surface area (Å²) in [5, 5.41) is 6.19. The molecule has 3 aromatic carbocycles. The standard InChI is InChI=1S/C20H12Cl2N2O3/c21-11-5-7-15(22)13(9-11)19(25)23-12-6-8-17-14(10-12)20(26)24-16-3-1-2-4-18(16)27-17/h1-10H,(H,23,25)(H,24,26). The van der Waals surface area contributed by atoms with Crippen LogP contribution in [0, 0.1) is 0 Å². The average molecular weight is 399 g/mol. The van der Waals surface area contributed by atoms with Gasteiger partial charge in [0.15, 0.2) is 5.75 Å². The first-order valence-electron chi connectivity index (χ1n) is 8.00. The fourth-order valence-electron chi connectivity index (χ4n) is 2.71. The molecular formula is C20H12Cl2N2O3. The van der Waals surface area contributed by atoms with Gasteiger partial charge in [-0.1, -0.05) is 35.3 Å². The largest absolute Gasteiger partial charge is 0.454 e. The van der Waals surface area contributed by atoms with E-state index in [1.165, 1.54) is 6.07 Å². The number of ether oxygens (including phenoxy) is 1. The number of carbonyl (C=O) groups is 2. The second-order valence-corrected chi connectivity index (χ2v) is 6.69. The summed E-state index contributed by atoms with van der Waals surface area (Å²) in [5.41, 5.74) is 1.56. The van der Waals surface area contributed by atoms with Crippen LogP contribution in [-0.4, -0.2) is 11.8 Å². The number of carbonyl (C=O) groups excluding carboxylic acids is 2. The highest BCUT2D eigenvalue weighted by Crippen LogP contribution is 2.36. The number of para-hydroxylation sites is 2. The molecule has 2 amide bonds. The van der Waals surface area contributed by atoms with Crippen LogP contribution in [0.15, 0.2) is 60.7 Å². The van der Waals surface area contributed by atoms with Crippen LogP contribution in [0.25, 0.3) is 0 Å². The van der Waals surface area contributed by atoms with Crippen molar-refractivity contribution in [3.05, 3.63) is 81.8 Å². The van der Waals surface area contributed by atoms with E-state index in [4.69, 9.17) is 27.9 Å². The van der Waals surface area contributed by atoms with E-state index in [0.717, 1.165) is 0 Å². The number of hydrogen-bond donors (Lipinski definition) is 2. The van der Waals surface area contributed by atoms with Gasteiger partial charge in [-0.05, 0) is 48.5 Å². The lowest BCUT2D eigenvalue weighted by Crippen LogP contribution is -2.14. The predicted octanol–water partition coefficient (Wildman–Crippen LogP) is 5.60. The maximum absolute atomic E-state index is 12.5. The summed E-state index contributed by atoms with van der Waals surface area (Å²) in [5.74, 6) is 0.191. The number of amides is 2. The van der Waals surface area contributed by atoms with Gasteiger partial charge in [-0.3, -0.25) is 9.59 Å². The topological polar surface area (TPSA) is 67.4 Å². The molecule has 0 bridgehead atoms. The highest BCUT2D eigenvalue weighted by Gasteiger charge is 2.21. The number of benzene rings is 3. The van der Waals surface area contributed by atoms with Gasteiger partial charge in [0, 0.05) is 10.7 Å². The van der Waals surface area contributed by atoms with Gasteiger partial charge in [0.25, 0.3) is 11.8 Å². The predicted molar refractivity (Wildman–Crippen MR) is 105 cm³/mol. The quantitative estimate of drug-likeness (QED) is 0.589. The van der Waals surface area contributed by atoms with E-state index in [0.29, 0.717) is 33.5 Å². The summed E-state index contributed by atoms with van der Waals surface area (Å²) in [6.07, 6.45) is 0. The molecule has 0 fully saturated rings. The summed E-state index contributed by atoms with van der Waals surface area (Å²) in [4.78, 5) is 25.0. The third-order valence-electron chi connectivity index (χ3n) is 4.01. The fraction of sp³-hybridized carbons (Fsp3) is 0. The molecular weight excluding hydrogens is 387 g/mol. The number of nitrogens with one attached hydrogen (secondary N) is 2. The van der Waals surface area contributed by atoms with Gasteiger partial charge in [-0.25, -0.2) is 0 Å². The molecule has 0 unspecified atom stereocenters. The zero-order valence-corrected chi connectivity index (χ0v) is 15.3. The number of anilines is 2. The summed E-state index contributed by atoms with van der Waals surface area (Å²) >= 11 is 12.0. The van der Waals surface area contributed by atoms with Crippen molar-refractivity contribution in [2.75, 3.05) is 10.6 Å². The first-order chi connectivity index (χ1) is 13.0. The molecule has 1 aliphatic rings. The number of hydrogen-bond acceptors (Lipinski definition) is 3. The number of halogens is 2. The minimum Gasteiger partial charge on any atom is -0.454 e. The Bertz CT molecular complexity index is 1080. The second-order valence-electron chi connectivity index (χ2n) is 5.84. The Labute approximate surface area is 164 Å². The molecule has 27 heavy (non-hydrogen) atoms. The summed E-state index contributed by atoms with van der Waals surface area (Å²) in [6, 6.07) is 16.6. The molecule has 2 N–H and O–H groups in total. The molecule has 3 aromatic rings. The van der Waals surface area contributed by atoms with Gasteiger partial charge in [-0.15, -0.1) is 0 Å². The molecule has 0 saturated carbocycles. The van der Waals surface area contributed by atoms with Crippen LogP contribution >= 0.6 is 23.2 Å². The molecule has 1 aliphatic heterocycles. The van der Waals surface area contributed by atoms with Crippen LogP contribution in [0.3, 0.4) is 0 Å². The Hall–Kier alpha value is -3.02. The molecule has 0 atom stereocenters. The van der Waals surface area contributed by atoms with Crippen LogP contribution < -0.4 is 15.4 Å². The Balaban J connectivity index is 1.64. The van der Waals surface area contributed by atoms with Crippen molar-refractivity contribution in [1.29, 1.82) is 0 Å². The van der Waals surface area contributed by atoms with Gasteiger partial charge >= 0.3 is 0 Å². The van der Waals surface area contributed by atoms with Crippen molar-refractivity contribution >= 4 is 46.4 Å². The summed E-state index contributed by atoms with van der Waals surface area (Å²) in [7, 11) is 0. The molecule has 0 aromatic heterocycles. The molecule has 0 saturated heterocycles. The molecule has 0 radical (unpaired) electrons. The molecule has 0 aliphatic carbocycles. The van der Waals surface area contributed by atoms with Crippen LogP contribution in [0.4, 0.5) is 11.4 Å². The second kappa shape index (κ2) is 6.95. The van der Waals surface area contributed by atoms with Crippen LogP contribution in [0.1, 0.15) is 20.7 Å². The first kappa shape index (κ1) is 17.4. The van der Waals surface area contributed by atoms with Crippen molar-refractivity contribution in [3.63, 3.8) is 0 Å². The highest BCUT2D eigenvalue weighted by atomic mass is 35.5. The summed E-state index contributed by atoms with van der Waals surface area (Å²) < 4.78 is 5.82. The van der Waals surface area contributed by atoms with Gasteiger partial charge in [0.05, 0.1) is 21.8 Å². The molecule has 0 spiro atoms. The first-order valence-corrected chi connectivity index (χ1v) is 8.75. The molecule has 4 rings (SSSR count). The SMILES string of the molecule is O=C(Nc1ccc2c(c1)C(=O)Nc1ccccc1O2)c1cc(Cl)ccc1Cl. The zero-order chi connectivity index (χ0) is 19.0. The van der Waals surface area contributed by atoms with Crippen LogP contribution in [0.2, 0.25) is 10.0 Å². The molecule has 5 nitrogen and oxygen atoms in total. The Kier molecular flexibility index (Phi) is 4.48. The molecule has 7 heteroatoms. The van der Waals surface area contributed by atoms with Crippen LogP contribution in [0.5, 0.6) is 11.5 Å². The zero-order valence-electron chi connectivity index (χ0n) is 13.8. The Morgan fingerprint density at radius 3 is 2.63 bits per heavy atom. The van der Waals surface area contributed by atoms with Crippen molar-refractivity contribution in [3.8, 4) is 11.5 Å². The average Bonchev–Trinajstić information content (AvgIpc) is 2.79. The molecule has 134 valence electrons. The number of fused-ring (bicyclic) bond motifs is 2. The normalized spacial score (nSPS) is 12.1. The monoisotopic (exact) mass is 398 g/mol. The van der Waals surface area contributed by atoms with E-state index >= 15 is 0 Å². The van der Waals surface area contributed by atoms with Crippen molar-refractivity contribution in [2.24, 2.45) is 0 Å². The van der Waals surface area contributed by atoms with E-state index in [-0.39, 0.29) is 16.5 Å². The van der Waals surface area contributed by atoms with Crippen molar-refractivity contribution < 1.29 is 14.3 Å². The lowest BCUT2D eigenvalue weighted by molar-refractivity contribution is 0.101. The maximum atomic E-state index is 12.5. The molecule has 1 heterocycles. The lowest BCUT2D eigenvalue weighted by Gasteiger charge is -2.10. The smallest absolute Gasteiger partial charge is 0.259 e. The van der Waals surface area contributed by atoms with Gasteiger partial charge in [0.1, 0.15) is 5.75 Å². The van der Waals surface area contributed by atoms with Gasteiger partial charge < -0.3 is 15.4 Å².